The average molecular weight is 448 g/mol. The van der Waals surface area contributed by atoms with Gasteiger partial charge in [0.15, 0.2) is 0 Å². The van der Waals surface area contributed by atoms with E-state index in [-0.39, 0.29) is 12.1 Å². The number of alkyl carbamates (subject to hydrolysis) is 1. The molecule has 0 spiro atoms. The fourth-order valence-electron chi connectivity index (χ4n) is 2.75. The maximum Gasteiger partial charge on any atom is 0.407 e. The lowest BCUT2D eigenvalue weighted by Crippen LogP contribution is -2.43. The molecule has 23 heavy (non-hydrogen) atoms. The highest BCUT2D eigenvalue weighted by Crippen LogP contribution is 2.29. The Kier molecular flexibility index (Phi) is 6.37. The summed E-state index contributed by atoms with van der Waals surface area (Å²) in [6.07, 6.45) is 3.76. The third kappa shape index (κ3) is 6.34. The lowest BCUT2D eigenvalue weighted by Gasteiger charge is -2.32. The van der Waals surface area contributed by atoms with E-state index in [9.17, 15) is 4.79 Å². The summed E-state index contributed by atoms with van der Waals surface area (Å²) < 4.78 is 7.43. The minimum atomic E-state index is -0.461. The van der Waals surface area contributed by atoms with E-state index in [4.69, 9.17) is 4.74 Å². The van der Waals surface area contributed by atoms with E-state index in [0.29, 0.717) is 6.04 Å². The van der Waals surface area contributed by atoms with Crippen LogP contribution in [0.25, 0.3) is 0 Å². The van der Waals surface area contributed by atoms with Crippen molar-refractivity contribution in [1.29, 1.82) is 0 Å². The normalized spacial score (nSPS) is 21.6. The van der Waals surface area contributed by atoms with E-state index < -0.39 is 5.60 Å². The first-order valence-corrected chi connectivity index (χ1v) is 9.52. The third-order valence-electron chi connectivity index (χ3n) is 3.68. The molecule has 6 heteroatoms. The molecule has 4 nitrogen and oxygen atoms in total. The van der Waals surface area contributed by atoms with Crippen molar-refractivity contribution in [1.82, 2.24) is 5.32 Å². The van der Waals surface area contributed by atoms with Crippen LogP contribution in [0.5, 0.6) is 0 Å². The van der Waals surface area contributed by atoms with E-state index in [1.165, 1.54) is 0 Å². The number of hydrogen-bond acceptors (Lipinski definition) is 3. The Labute approximate surface area is 155 Å². The molecule has 0 heterocycles. The molecule has 2 atom stereocenters. The smallest absolute Gasteiger partial charge is 0.407 e. The summed E-state index contributed by atoms with van der Waals surface area (Å²) in [5, 5.41) is 6.57. The van der Waals surface area contributed by atoms with Gasteiger partial charge in [-0.15, -0.1) is 0 Å². The molecular formula is C17H24Br2N2O2. The topological polar surface area (TPSA) is 50.4 Å². The number of hydrogen-bond donors (Lipinski definition) is 2. The van der Waals surface area contributed by atoms with Crippen LogP contribution < -0.4 is 10.6 Å². The molecule has 0 aliphatic heterocycles. The van der Waals surface area contributed by atoms with Crippen molar-refractivity contribution in [3.63, 3.8) is 0 Å². The van der Waals surface area contributed by atoms with Gasteiger partial charge in [-0.25, -0.2) is 4.79 Å². The van der Waals surface area contributed by atoms with E-state index in [2.05, 4.69) is 48.6 Å². The summed E-state index contributed by atoms with van der Waals surface area (Å²) >= 11 is 7.07. The van der Waals surface area contributed by atoms with Crippen LogP contribution in [0.3, 0.4) is 0 Å². The number of rotatable bonds is 3. The maximum absolute atomic E-state index is 11.9. The van der Waals surface area contributed by atoms with Gasteiger partial charge in [-0.2, -0.15) is 0 Å². The zero-order chi connectivity index (χ0) is 17.0. The molecule has 1 fully saturated rings. The zero-order valence-electron chi connectivity index (χ0n) is 13.8. The molecule has 0 aromatic heterocycles. The Bertz CT molecular complexity index is 558. The largest absolute Gasteiger partial charge is 0.444 e. The predicted molar refractivity (Wildman–Crippen MR) is 101 cm³/mol. The van der Waals surface area contributed by atoms with Crippen LogP contribution in [0, 0.1) is 0 Å². The second kappa shape index (κ2) is 7.88. The van der Waals surface area contributed by atoms with Gasteiger partial charge in [0.1, 0.15) is 5.60 Å². The lowest BCUT2D eigenvalue weighted by atomic mass is 9.91. The van der Waals surface area contributed by atoms with Crippen molar-refractivity contribution in [3.05, 3.63) is 27.1 Å². The quantitative estimate of drug-likeness (QED) is 0.646. The second-order valence-corrected chi connectivity index (χ2v) is 8.75. The van der Waals surface area contributed by atoms with Gasteiger partial charge >= 0.3 is 6.09 Å². The first-order valence-electron chi connectivity index (χ1n) is 7.94. The molecule has 0 bridgehead atoms. The molecule has 1 saturated carbocycles. The number of carbonyl (C=O) groups is 1. The number of carbonyl (C=O) groups excluding carboxylic acids is 1. The third-order valence-corrected chi connectivity index (χ3v) is 4.87. The second-order valence-electron chi connectivity index (χ2n) is 6.98. The Morgan fingerprint density at radius 2 is 1.91 bits per heavy atom. The molecular weight excluding hydrogens is 424 g/mol. The van der Waals surface area contributed by atoms with Gasteiger partial charge in [0.05, 0.1) is 0 Å². The highest BCUT2D eigenvalue weighted by atomic mass is 79.9. The molecule has 0 saturated heterocycles. The fourth-order valence-corrected chi connectivity index (χ4v) is 3.48. The highest BCUT2D eigenvalue weighted by Gasteiger charge is 2.25. The average Bonchev–Trinajstić information content (AvgIpc) is 2.41. The van der Waals surface area contributed by atoms with Gasteiger partial charge in [-0.1, -0.05) is 15.9 Å². The van der Waals surface area contributed by atoms with Crippen molar-refractivity contribution < 1.29 is 9.53 Å². The lowest BCUT2D eigenvalue weighted by molar-refractivity contribution is 0.0492. The molecule has 128 valence electrons. The minimum Gasteiger partial charge on any atom is -0.444 e. The van der Waals surface area contributed by atoms with Gasteiger partial charge in [-0.05, 0) is 80.6 Å². The Morgan fingerprint density at radius 3 is 2.61 bits per heavy atom. The van der Waals surface area contributed by atoms with Crippen molar-refractivity contribution in [2.45, 2.75) is 64.1 Å². The van der Waals surface area contributed by atoms with Crippen molar-refractivity contribution in [3.8, 4) is 0 Å². The van der Waals surface area contributed by atoms with Gasteiger partial charge in [0, 0.05) is 26.7 Å². The Balaban J connectivity index is 1.90. The predicted octanol–water partition coefficient (Wildman–Crippen LogP) is 5.46. The van der Waals surface area contributed by atoms with E-state index in [1.54, 1.807) is 0 Å². The summed E-state index contributed by atoms with van der Waals surface area (Å²) in [5.74, 6) is 0. The molecule has 0 radical (unpaired) electrons. The summed E-state index contributed by atoms with van der Waals surface area (Å²) in [6, 6.07) is 6.58. The number of benzene rings is 1. The number of anilines is 1. The first kappa shape index (κ1) is 18.6. The number of nitrogens with one attached hydrogen (secondary N) is 2. The number of amides is 1. The molecule has 1 aliphatic rings. The standard InChI is InChI=1S/C17H24Br2N2O2/c1-17(2,3)23-16(22)21-13-6-4-5-12(10-13)20-15-9-11(18)7-8-14(15)19/h7-9,12-13,20H,4-6,10H2,1-3H3,(H,21,22). The van der Waals surface area contributed by atoms with Gasteiger partial charge < -0.3 is 15.4 Å². The van der Waals surface area contributed by atoms with E-state index >= 15 is 0 Å². The van der Waals surface area contributed by atoms with E-state index in [0.717, 1.165) is 40.3 Å². The van der Waals surface area contributed by atoms with Crippen molar-refractivity contribution in [2.75, 3.05) is 5.32 Å². The van der Waals surface area contributed by atoms with Crippen LogP contribution >= 0.6 is 31.9 Å². The van der Waals surface area contributed by atoms with Crippen molar-refractivity contribution >= 4 is 43.6 Å². The van der Waals surface area contributed by atoms with Crippen molar-refractivity contribution in [2.24, 2.45) is 0 Å². The minimum absolute atomic E-state index is 0.155. The molecule has 1 aliphatic carbocycles. The maximum atomic E-state index is 11.9. The summed E-state index contributed by atoms with van der Waals surface area (Å²) in [5.41, 5.74) is 0.611. The first-order chi connectivity index (χ1) is 10.7. The van der Waals surface area contributed by atoms with Crippen LogP contribution in [0.4, 0.5) is 10.5 Å². The van der Waals surface area contributed by atoms with Gasteiger partial charge in [0.25, 0.3) is 0 Å². The highest BCUT2D eigenvalue weighted by molar-refractivity contribution is 9.11. The zero-order valence-corrected chi connectivity index (χ0v) is 17.0. The molecule has 2 N–H and O–H groups in total. The summed E-state index contributed by atoms with van der Waals surface area (Å²) in [7, 11) is 0. The van der Waals surface area contributed by atoms with Gasteiger partial charge in [0.2, 0.25) is 0 Å². The summed E-state index contributed by atoms with van der Waals surface area (Å²) in [4.78, 5) is 11.9. The summed E-state index contributed by atoms with van der Waals surface area (Å²) in [6.45, 7) is 5.63. The molecule has 2 rings (SSSR count). The Morgan fingerprint density at radius 1 is 1.22 bits per heavy atom. The number of halogens is 2. The van der Waals surface area contributed by atoms with Crippen LogP contribution in [-0.2, 0) is 4.74 Å². The Hall–Kier alpha value is -0.750. The molecule has 1 aromatic rings. The van der Waals surface area contributed by atoms with Gasteiger partial charge in [-0.3, -0.25) is 0 Å². The fraction of sp³-hybridized carbons (Fsp3) is 0.588. The molecule has 2 unspecified atom stereocenters. The monoisotopic (exact) mass is 446 g/mol. The molecule has 1 amide bonds. The van der Waals surface area contributed by atoms with Crippen LogP contribution in [0.15, 0.2) is 27.1 Å². The van der Waals surface area contributed by atoms with Crippen LogP contribution in [0.1, 0.15) is 46.5 Å². The molecule has 1 aromatic carbocycles. The van der Waals surface area contributed by atoms with Crippen LogP contribution in [-0.4, -0.2) is 23.8 Å². The SMILES string of the molecule is CC(C)(C)OC(=O)NC1CCCC(Nc2cc(Br)ccc2Br)C1. The van der Waals surface area contributed by atoms with Crippen LogP contribution in [0.2, 0.25) is 0 Å². The number of ether oxygens (including phenoxy) is 1. The van der Waals surface area contributed by atoms with E-state index in [1.807, 2.05) is 32.9 Å².